The number of thiophene rings is 1. The molecule has 160 valence electrons. The van der Waals surface area contributed by atoms with Crippen molar-refractivity contribution in [2.24, 2.45) is 0 Å². The maximum absolute atomic E-state index is 12.4. The Morgan fingerprint density at radius 3 is 2.76 bits per heavy atom. The van der Waals surface area contributed by atoms with Crippen LogP contribution in [0.3, 0.4) is 0 Å². The van der Waals surface area contributed by atoms with E-state index in [4.69, 9.17) is 4.74 Å². The van der Waals surface area contributed by atoms with Crippen LogP contribution in [0, 0.1) is 0 Å². The number of thioether (sulfide) groups is 1. The Balaban J connectivity index is 0.00000300. The molecule has 2 aliphatic heterocycles. The van der Waals surface area contributed by atoms with E-state index in [1.54, 1.807) is 0 Å². The van der Waals surface area contributed by atoms with Gasteiger partial charge >= 0.3 is 5.97 Å². The molecule has 29 heavy (non-hydrogen) atoms. The first-order valence-electron chi connectivity index (χ1n) is 9.42. The highest BCUT2D eigenvalue weighted by Gasteiger charge is 2.47. The third kappa shape index (κ3) is 5.97. The van der Waals surface area contributed by atoms with Crippen LogP contribution in [0.2, 0.25) is 0 Å². The van der Waals surface area contributed by atoms with Gasteiger partial charge in [0.05, 0.1) is 12.5 Å². The van der Waals surface area contributed by atoms with E-state index < -0.39 is 5.97 Å². The molecule has 0 saturated carbocycles. The summed E-state index contributed by atoms with van der Waals surface area (Å²) in [5, 5.41) is 4.47. The van der Waals surface area contributed by atoms with E-state index in [2.05, 4.69) is 24.1 Å². The Kier molecular flexibility index (Phi) is 9.01. The average molecular weight is 460 g/mol. The van der Waals surface area contributed by atoms with E-state index in [0.29, 0.717) is 26.1 Å². The van der Waals surface area contributed by atoms with Crippen molar-refractivity contribution in [1.82, 2.24) is 15.1 Å². The summed E-state index contributed by atoms with van der Waals surface area (Å²) in [5.41, 5.74) is 0.289. The molecule has 10 heteroatoms. The summed E-state index contributed by atoms with van der Waals surface area (Å²) in [6.45, 7) is 7.36. The summed E-state index contributed by atoms with van der Waals surface area (Å²) in [6.07, 6.45) is 1.67. The molecule has 3 heterocycles. The minimum atomic E-state index is -0.478. The van der Waals surface area contributed by atoms with E-state index in [-0.39, 0.29) is 40.5 Å². The number of hydrogen-bond acceptors (Lipinski definition) is 8. The fourth-order valence-corrected chi connectivity index (χ4v) is 4.98. The fourth-order valence-electron chi connectivity index (χ4n) is 3.22. The van der Waals surface area contributed by atoms with Crippen molar-refractivity contribution >= 4 is 52.5 Å². The number of fused-ring (bicyclic) bond motifs is 1. The Morgan fingerprint density at radius 2 is 2.10 bits per heavy atom. The molecule has 1 saturated heterocycles. The van der Waals surface area contributed by atoms with Gasteiger partial charge in [-0.2, -0.15) is 0 Å². The molecule has 0 bridgehead atoms. The Hall–Kier alpha value is -1.55. The van der Waals surface area contributed by atoms with Crippen molar-refractivity contribution in [1.29, 1.82) is 0 Å². The van der Waals surface area contributed by atoms with Gasteiger partial charge in [-0.1, -0.05) is 31.7 Å². The number of amides is 1. The third-order valence-electron chi connectivity index (χ3n) is 4.85. The second-order valence-electron chi connectivity index (χ2n) is 6.60. The lowest BCUT2D eigenvalue weighted by Gasteiger charge is -2.50. The van der Waals surface area contributed by atoms with Crippen LogP contribution in [-0.2, 0) is 25.5 Å². The van der Waals surface area contributed by atoms with E-state index in [1.807, 2.05) is 22.4 Å². The number of nitrogens with zero attached hydrogens (tertiary/aromatic N) is 2. The first-order valence-corrected chi connectivity index (χ1v) is 11.2. The lowest BCUT2D eigenvalue weighted by Crippen LogP contribution is -2.66. The Labute approximate surface area is 185 Å². The van der Waals surface area contributed by atoms with Gasteiger partial charge in [0.15, 0.2) is 0 Å². The van der Waals surface area contributed by atoms with Crippen LogP contribution in [0.4, 0.5) is 0 Å². The zero-order chi connectivity index (χ0) is 20.1. The van der Waals surface area contributed by atoms with Crippen LogP contribution in [-0.4, -0.2) is 71.0 Å². The standard InChI is InChI=1S/C19H25N3O4S2.ClH/c1-3-21(4-2)7-8-26-19(25)15-11-17(24)28-18-14(12-22(15)18)20-16(23)10-13-6-5-9-27-13;/h5-6,9,11,14,18H,3-4,7-8,10,12H2,1-2H3,(H,20,23);1H. The average Bonchev–Trinajstić information content (AvgIpc) is 3.17. The number of rotatable bonds is 9. The topological polar surface area (TPSA) is 79.0 Å². The molecule has 7 nitrogen and oxygen atoms in total. The number of halogens is 1. The molecular weight excluding hydrogens is 434 g/mol. The van der Waals surface area contributed by atoms with E-state index in [1.165, 1.54) is 17.4 Å². The zero-order valence-corrected chi connectivity index (χ0v) is 18.9. The van der Waals surface area contributed by atoms with Gasteiger partial charge in [0, 0.05) is 24.0 Å². The lowest BCUT2D eigenvalue weighted by molar-refractivity contribution is -0.142. The van der Waals surface area contributed by atoms with Crippen LogP contribution in [0.1, 0.15) is 18.7 Å². The number of hydrogen-bond donors (Lipinski definition) is 1. The number of likely N-dealkylation sites (N-methyl/N-ethyl adjacent to an activating group) is 1. The number of carbonyl (C=O) groups excluding carboxylic acids is 3. The van der Waals surface area contributed by atoms with E-state index in [0.717, 1.165) is 29.7 Å². The second-order valence-corrected chi connectivity index (χ2v) is 8.76. The van der Waals surface area contributed by atoms with Crippen molar-refractivity contribution in [2.45, 2.75) is 31.7 Å². The molecule has 0 aromatic carbocycles. The molecule has 3 rings (SSSR count). The maximum atomic E-state index is 12.4. The number of carbonyl (C=O) groups is 3. The predicted octanol–water partition coefficient (Wildman–Crippen LogP) is 1.88. The SMILES string of the molecule is CCN(CC)CCOC(=O)C1=CC(=O)SC2C(NC(=O)Cc3cccs3)CN12.Cl. The number of nitrogens with one attached hydrogen (secondary N) is 1. The van der Waals surface area contributed by atoms with Gasteiger partial charge in [-0.05, 0) is 24.5 Å². The third-order valence-corrected chi connectivity index (χ3v) is 6.90. The van der Waals surface area contributed by atoms with Gasteiger partial charge in [0.1, 0.15) is 17.7 Å². The summed E-state index contributed by atoms with van der Waals surface area (Å²) < 4.78 is 5.37. The van der Waals surface area contributed by atoms with Crippen molar-refractivity contribution < 1.29 is 19.1 Å². The van der Waals surface area contributed by atoms with Crippen LogP contribution >= 0.6 is 35.5 Å². The maximum Gasteiger partial charge on any atom is 0.354 e. The zero-order valence-electron chi connectivity index (χ0n) is 16.5. The monoisotopic (exact) mass is 459 g/mol. The molecule has 2 unspecified atom stereocenters. The van der Waals surface area contributed by atoms with Gasteiger partial charge < -0.3 is 19.9 Å². The van der Waals surface area contributed by atoms with E-state index in [9.17, 15) is 14.4 Å². The van der Waals surface area contributed by atoms with Gasteiger partial charge in [-0.3, -0.25) is 9.59 Å². The summed E-state index contributed by atoms with van der Waals surface area (Å²) in [6, 6.07) is 3.68. The highest BCUT2D eigenvalue weighted by atomic mass is 35.5. The number of ether oxygens (including phenoxy) is 1. The summed E-state index contributed by atoms with van der Waals surface area (Å²) in [7, 11) is 0. The summed E-state index contributed by atoms with van der Waals surface area (Å²) in [5.74, 6) is -0.549. The molecular formula is C19H26ClN3O4S2. The first-order chi connectivity index (χ1) is 13.5. The van der Waals surface area contributed by atoms with Crippen molar-refractivity contribution in [3.05, 3.63) is 34.2 Å². The minimum absolute atomic E-state index is 0. The highest BCUT2D eigenvalue weighted by Crippen LogP contribution is 2.37. The summed E-state index contributed by atoms with van der Waals surface area (Å²) >= 11 is 2.67. The van der Waals surface area contributed by atoms with E-state index >= 15 is 0 Å². The van der Waals surface area contributed by atoms with Crippen LogP contribution in [0.5, 0.6) is 0 Å². The largest absolute Gasteiger partial charge is 0.460 e. The van der Waals surface area contributed by atoms with Crippen molar-refractivity contribution in [2.75, 3.05) is 32.8 Å². The molecule has 1 N–H and O–H groups in total. The van der Waals surface area contributed by atoms with Crippen LogP contribution < -0.4 is 5.32 Å². The highest BCUT2D eigenvalue weighted by molar-refractivity contribution is 8.14. The van der Waals surface area contributed by atoms with Crippen molar-refractivity contribution in [3.8, 4) is 0 Å². The number of esters is 1. The van der Waals surface area contributed by atoms with Gasteiger partial charge in [0.25, 0.3) is 0 Å². The minimum Gasteiger partial charge on any atom is -0.460 e. The van der Waals surface area contributed by atoms with Crippen LogP contribution in [0.25, 0.3) is 0 Å². The molecule has 0 radical (unpaired) electrons. The molecule has 2 aliphatic rings. The predicted molar refractivity (Wildman–Crippen MR) is 117 cm³/mol. The quantitative estimate of drug-likeness (QED) is 0.565. The molecule has 0 aliphatic carbocycles. The molecule has 1 aromatic rings. The van der Waals surface area contributed by atoms with Gasteiger partial charge in [-0.25, -0.2) is 4.79 Å². The smallest absolute Gasteiger partial charge is 0.354 e. The summed E-state index contributed by atoms with van der Waals surface area (Å²) in [4.78, 5) is 41.7. The van der Waals surface area contributed by atoms with Gasteiger partial charge in [0.2, 0.25) is 11.0 Å². The van der Waals surface area contributed by atoms with Gasteiger partial charge in [-0.15, -0.1) is 23.7 Å². The van der Waals surface area contributed by atoms with Crippen molar-refractivity contribution in [3.63, 3.8) is 0 Å². The fraction of sp³-hybridized carbons (Fsp3) is 0.526. The molecule has 1 amide bonds. The normalized spacial score (nSPS) is 20.3. The molecule has 1 aromatic heterocycles. The second kappa shape index (κ2) is 11.0. The molecule has 1 fully saturated rings. The van der Waals surface area contributed by atoms with Crippen LogP contribution in [0.15, 0.2) is 29.3 Å². The Morgan fingerprint density at radius 1 is 1.34 bits per heavy atom. The Bertz CT molecular complexity index is 753. The first kappa shape index (κ1) is 23.7. The molecule has 0 spiro atoms. The lowest BCUT2D eigenvalue weighted by atomic mass is 10.1. The molecule has 2 atom stereocenters.